The number of ether oxygens (including phenoxy) is 2. The number of fused-ring (bicyclic) bond motifs is 1. The zero-order valence-corrected chi connectivity index (χ0v) is 9.67. The second kappa shape index (κ2) is 4.65. The second-order valence-electron chi connectivity index (χ2n) is 3.46. The van der Waals surface area contributed by atoms with Crippen LogP contribution in [0.3, 0.4) is 0 Å². The van der Waals surface area contributed by atoms with E-state index >= 15 is 0 Å². The van der Waals surface area contributed by atoms with Gasteiger partial charge in [0, 0.05) is 10.6 Å². The number of carboxylic acids is 1. The number of aliphatic carboxylic acids is 1. The molecule has 2 rings (SSSR count). The third-order valence-electron chi connectivity index (χ3n) is 2.24. The molecule has 1 aromatic rings. The Morgan fingerprint density at radius 3 is 2.81 bits per heavy atom. The fourth-order valence-electron chi connectivity index (χ4n) is 1.43. The highest BCUT2D eigenvalue weighted by Gasteiger charge is 2.15. The molecule has 0 aromatic heterocycles. The molecule has 1 aliphatic rings. The predicted octanol–water partition coefficient (Wildman–Crippen LogP) is 2.29. The van der Waals surface area contributed by atoms with Gasteiger partial charge in [0.15, 0.2) is 11.5 Å². The molecule has 0 bridgehead atoms. The number of hydrogen-bond acceptors (Lipinski definition) is 4. The van der Waals surface area contributed by atoms with Gasteiger partial charge in [-0.15, -0.1) is 11.8 Å². The van der Waals surface area contributed by atoms with E-state index in [-0.39, 0.29) is 13.2 Å². The summed E-state index contributed by atoms with van der Waals surface area (Å²) < 4.78 is 10.5. The Morgan fingerprint density at radius 1 is 1.44 bits per heavy atom. The van der Waals surface area contributed by atoms with Crippen LogP contribution < -0.4 is 9.47 Å². The Labute approximate surface area is 97.6 Å². The Morgan fingerprint density at radius 2 is 2.12 bits per heavy atom. The molecule has 0 saturated heterocycles. The number of aryl methyl sites for hydroxylation is 1. The van der Waals surface area contributed by atoms with Gasteiger partial charge in [0.2, 0.25) is 6.79 Å². The van der Waals surface area contributed by atoms with E-state index in [0.717, 1.165) is 22.0 Å². The van der Waals surface area contributed by atoms with Crippen molar-refractivity contribution in [2.24, 2.45) is 0 Å². The minimum atomic E-state index is -0.772. The van der Waals surface area contributed by atoms with Crippen molar-refractivity contribution in [3.63, 3.8) is 0 Å². The van der Waals surface area contributed by atoms with Crippen molar-refractivity contribution >= 4 is 17.7 Å². The molecule has 0 radical (unpaired) electrons. The lowest BCUT2D eigenvalue weighted by Gasteiger charge is -2.06. The van der Waals surface area contributed by atoms with E-state index in [4.69, 9.17) is 14.6 Å². The van der Waals surface area contributed by atoms with Crippen LogP contribution in [-0.2, 0) is 4.79 Å². The highest BCUT2D eigenvalue weighted by molar-refractivity contribution is 7.99. The van der Waals surface area contributed by atoms with Crippen molar-refractivity contribution in [1.82, 2.24) is 0 Å². The van der Waals surface area contributed by atoms with Crippen molar-refractivity contribution in [3.05, 3.63) is 17.7 Å². The van der Waals surface area contributed by atoms with Gasteiger partial charge in [0.05, 0.1) is 6.42 Å². The molecule has 0 amide bonds. The van der Waals surface area contributed by atoms with Gasteiger partial charge in [-0.3, -0.25) is 4.79 Å². The lowest BCUT2D eigenvalue weighted by Crippen LogP contribution is -1.96. The maximum Gasteiger partial charge on any atom is 0.304 e. The van der Waals surface area contributed by atoms with Gasteiger partial charge in [-0.25, -0.2) is 0 Å². The van der Waals surface area contributed by atoms with Crippen molar-refractivity contribution in [1.29, 1.82) is 0 Å². The van der Waals surface area contributed by atoms with E-state index < -0.39 is 5.97 Å². The summed E-state index contributed by atoms with van der Waals surface area (Å²) >= 11 is 1.52. The Hall–Kier alpha value is -1.36. The molecule has 1 aromatic carbocycles. The molecule has 1 heterocycles. The third kappa shape index (κ3) is 2.41. The SMILES string of the molecule is Cc1cc2c(cc1SCCC(=O)O)OCO2. The molecule has 0 unspecified atom stereocenters. The maximum absolute atomic E-state index is 10.4. The van der Waals surface area contributed by atoms with Crippen LogP contribution >= 0.6 is 11.8 Å². The standard InChI is InChI=1S/C11H12O4S/c1-7-4-8-9(15-6-14-8)5-10(7)16-3-2-11(12)13/h4-5H,2-3,6H2,1H3,(H,12,13). The Bertz CT molecular complexity index is 417. The molecular weight excluding hydrogens is 228 g/mol. The number of hydrogen-bond donors (Lipinski definition) is 1. The van der Waals surface area contributed by atoms with Crippen LogP contribution in [0.4, 0.5) is 0 Å². The van der Waals surface area contributed by atoms with Crippen molar-refractivity contribution in [3.8, 4) is 11.5 Å². The summed E-state index contributed by atoms with van der Waals surface area (Å²) in [4.78, 5) is 11.5. The maximum atomic E-state index is 10.4. The Kier molecular flexibility index (Phi) is 3.24. The fraction of sp³-hybridized carbons (Fsp3) is 0.364. The second-order valence-corrected chi connectivity index (χ2v) is 4.60. The molecule has 0 atom stereocenters. The molecule has 16 heavy (non-hydrogen) atoms. The highest BCUT2D eigenvalue weighted by Crippen LogP contribution is 2.38. The molecule has 86 valence electrons. The van der Waals surface area contributed by atoms with Crippen molar-refractivity contribution in [2.45, 2.75) is 18.2 Å². The molecule has 1 aliphatic heterocycles. The predicted molar refractivity (Wildman–Crippen MR) is 60.3 cm³/mol. The number of benzene rings is 1. The number of thioether (sulfide) groups is 1. The van der Waals surface area contributed by atoms with Crippen LogP contribution in [0.15, 0.2) is 17.0 Å². The smallest absolute Gasteiger partial charge is 0.304 e. The van der Waals surface area contributed by atoms with Crippen molar-refractivity contribution < 1.29 is 19.4 Å². The minimum absolute atomic E-state index is 0.165. The van der Waals surface area contributed by atoms with Gasteiger partial charge >= 0.3 is 5.97 Å². The van der Waals surface area contributed by atoms with E-state index in [1.807, 2.05) is 19.1 Å². The highest BCUT2D eigenvalue weighted by atomic mass is 32.2. The van der Waals surface area contributed by atoms with Gasteiger partial charge in [-0.05, 0) is 24.6 Å². The third-order valence-corrected chi connectivity index (χ3v) is 3.40. The lowest BCUT2D eigenvalue weighted by atomic mass is 10.2. The summed E-state index contributed by atoms with van der Waals surface area (Å²) in [7, 11) is 0. The first-order valence-electron chi connectivity index (χ1n) is 4.91. The van der Waals surface area contributed by atoms with Crippen LogP contribution in [0.1, 0.15) is 12.0 Å². The molecule has 0 fully saturated rings. The largest absolute Gasteiger partial charge is 0.481 e. The topological polar surface area (TPSA) is 55.8 Å². The van der Waals surface area contributed by atoms with E-state index in [1.165, 1.54) is 11.8 Å². The molecule has 0 saturated carbocycles. The van der Waals surface area contributed by atoms with Gasteiger partial charge in [-0.1, -0.05) is 0 Å². The molecule has 0 spiro atoms. The summed E-state index contributed by atoms with van der Waals surface area (Å²) in [6, 6.07) is 3.83. The van der Waals surface area contributed by atoms with Crippen LogP contribution in [0.25, 0.3) is 0 Å². The summed E-state index contributed by atoms with van der Waals surface area (Å²) in [6.45, 7) is 2.24. The Balaban J connectivity index is 2.06. The quantitative estimate of drug-likeness (QED) is 0.818. The number of rotatable bonds is 4. The first kappa shape index (κ1) is 11.1. The summed E-state index contributed by atoms with van der Waals surface area (Å²) in [5, 5.41) is 8.56. The number of carbonyl (C=O) groups is 1. The van der Waals surface area contributed by atoms with Crippen LogP contribution in [0.2, 0.25) is 0 Å². The zero-order chi connectivity index (χ0) is 11.5. The molecule has 0 aliphatic carbocycles. The average molecular weight is 240 g/mol. The van der Waals surface area contributed by atoms with Crippen LogP contribution in [-0.4, -0.2) is 23.6 Å². The minimum Gasteiger partial charge on any atom is -0.481 e. The normalized spacial score (nSPS) is 12.8. The van der Waals surface area contributed by atoms with Crippen LogP contribution in [0, 0.1) is 6.92 Å². The average Bonchev–Trinajstić information content (AvgIpc) is 2.64. The fourth-order valence-corrected chi connectivity index (χ4v) is 2.40. The van der Waals surface area contributed by atoms with Crippen LogP contribution in [0.5, 0.6) is 11.5 Å². The first-order valence-corrected chi connectivity index (χ1v) is 5.90. The summed E-state index contributed by atoms with van der Waals surface area (Å²) in [5.74, 6) is 1.30. The summed E-state index contributed by atoms with van der Waals surface area (Å²) in [6.07, 6.45) is 0.165. The molecule has 4 nitrogen and oxygen atoms in total. The van der Waals surface area contributed by atoms with Gasteiger partial charge in [0.1, 0.15) is 0 Å². The van der Waals surface area contributed by atoms with E-state index in [9.17, 15) is 4.79 Å². The summed E-state index contributed by atoms with van der Waals surface area (Å²) in [5.41, 5.74) is 1.08. The lowest BCUT2D eigenvalue weighted by molar-refractivity contribution is -0.136. The van der Waals surface area contributed by atoms with Crippen molar-refractivity contribution in [2.75, 3.05) is 12.5 Å². The molecule has 5 heteroatoms. The van der Waals surface area contributed by atoms with E-state index in [2.05, 4.69) is 0 Å². The van der Waals surface area contributed by atoms with Gasteiger partial charge in [-0.2, -0.15) is 0 Å². The number of carboxylic acid groups (broad SMARTS) is 1. The zero-order valence-electron chi connectivity index (χ0n) is 8.86. The molecule has 1 N–H and O–H groups in total. The first-order chi connectivity index (χ1) is 7.66. The van der Waals surface area contributed by atoms with Gasteiger partial charge < -0.3 is 14.6 Å². The van der Waals surface area contributed by atoms with E-state index in [1.54, 1.807) is 0 Å². The van der Waals surface area contributed by atoms with E-state index in [0.29, 0.717) is 5.75 Å². The van der Waals surface area contributed by atoms with Gasteiger partial charge in [0.25, 0.3) is 0 Å². The monoisotopic (exact) mass is 240 g/mol. The molecular formula is C11H12O4S.